The summed E-state index contributed by atoms with van der Waals surface area (Å²) in [7, 11) is 0. The summed E-state index contributed by atoms with van der Waals surface area (Å²) in [6, 6.07) is 13.3. The number of rotatable bonds is 5. The zero-order valence-electron chi connectivity index (χ0n) is 12.4. The van der Waals surface area contributed by atoms with E-state index in [0.29, 0.717) is 12.1 Å². The summed E-state index contributed by atoms with van der Waals surface area (Å²) in [6.07, 6.45) is 0. The number of carbonyl (C=O) groups is 1. The molecule has 0 aromatic heterocycles. The first-order chi connectivity index (χ1) is 10.5. The molecule has 0 aliphatic carbocycles. The van der Waals surface area contributed by atoms with Crippen LogP contribution in [0.25, 0.3) is 0 Å². The molecule has 0 saturated carbocycles. The van der Waals surface area contributed by atoms with E-state index in [9.17, 15) is 14.9 Å². The van der Waals surface area contributed by atoms with Gasteiger partial charge >= 0.3 is 0 Å². The van der Waals surface area contributed by atoms with E-state index in [1.165, 1.54) is 24.3 Å². The van der Waals surface area contributed by atoms with Gasteiger partial charge in [0.15, 0.2) is 0 Å². The number of benzene rings is 2. The van der Waals surface area contributed by atoms with Crippen molar-refractivity contribution in [2.24, 2.45) is 0 Å². The maximum atomic E-state index is 12.2. The van der Waals surface area contributed by atoms with E-state index >= 15 is 0 Å². The molecule has 2 rings (SSSR count). The summed E-state index contributed by atoms with van der Waals surface area (Å²) in [4.78, 5) is 22.3. The molecular formula is C16H17N3O3. The quantitative estimate of drug-likeness (QED) is 0.680. The van der Waals surface area contributed by atoms with Gasteiger partial charge in [-0.15, -0.1) is 0 Å². The van der Waals surface area contributed by atoms with Crippen LogP contribution in [0, 0.1) is 17.0 Å². The molecule has 0 aliphatic heterocycles. The van der Waals surface area contributed by atoms with Crippen LogP contribution >= 0.6 is 0 Å². The first kappa shape index (κ1) is 15.5. The van der Waals surface area contributed by atoms with Crippen molar-refractivity contribution in [3.63, 3.8) is 0 Å². The van der Waals surface area contributed by atoms with Crippen molar-refractivity contribution < 1.29 is 9.72 Å². The van der Waals surface area contributed by atoms with Crippen molar-refractivity contribution in [1.29, 1.82) is 0 Å². The van der Waals surface area contributed by atoms with Gasteiger partial charge in [-0.1, -0.05) is 17.7 Å². The van der Waals surface area contributed by atoms with E-state index in [1.807, 2.05) is 38.1 Å². The highest BCUT2D eigenvalue weighted by molar-refractivity contribution is 5.95. The molecule has 0 spiro atoms. The average Bonchev–Trinajstić information content (AvgIpc) is 2.53. The van der Waals surface area contributed by atoms with Crippen LogP contribution in [0.3, 0.4) is 0 Å². The van der Waals surface area contributed by atoms with Crippen LogP contribution in [0.5, 0.6) is 0 Å². The molecule has 0 heterocycles. The zero-order chi connectivity index (χ0) is 16.1. The summed E-state index contributed by atoms with van der Waals surface area (Å²) < 4.78 is 0. The van der Waals surface area contributed by atoms with E-state index in [-0.39, 0.29) is 11.6 Å². The smallest absolute Gasteiger partial charge is 0.269 e. The molecule has 0 aliphatic rings. The topological polar surface area (TPSA) is 75.5 Å². The third-order valence-electron chi connectivity index (χ3n) is 3.24. The molecule has 1 N–H and O–H groups in total. The molecular weight excluding hydrogens is 282 g/mol. The Labute approximate surface area is 128 Å². The lowest BCUT2D eigenvalue weighted by molar-refractivity contribution is -0.384. The van der Waals surface area contributed by atoms with E-state index in [4.69, 9.17) is 0 Å². The molecule has 0 bridgehead atoms. The molecule has 2 aromatic carbocycles. The maximum Gasteiger partial charge on any atom is 0.269 e. The Hall–Kier alpha value is -2.89. The van der Waals surface area contributed by atoms with Gasteiger partial charge < -0.3 is 0 Å². The lowest BCUT2D eigenvalue weighted by atomic mass is 10.2. The number of amides is 1. The van der Waals surface area contributed by atoms with Crippen molar-refractivity contribution in [3.8, 4) is 0 Å². The molecule has 114 valence electrons. The van der Waals surface area contributed by atoms with Crippen molar-refractivity contribution in [2.45, 2.75) is 13.8 Å². The molecule has 6 nitrogen and oxygen atoms in total. The maximum absolute atomic E-state index is 12.2. The number of hydrogen-bond donors (Lipinski definition) is 1. The fraction of sp³-hybridized carbons (Fsp3) is 0.188. The molecule has 2 aromatic rings. The largest absolute Gasteiger partial charge is 0.286 e. The standard InChI is InChI=1S/C16H17N3O3/c1-3-18(14-8-4-12(2)5-9-14)17-16(20)13-6-10-15(11-7-13)19(21)22/h4-11H,3H2,1-2H3,(H,17,20). The van der Waals surface area contributed by atoms with E-state index in [2.05, 4.69) is 5.43 Å². The molecule has 0 saturated heterocycles. The Morgan fingerprint density at radius 3 is 2.23 bits per heavy atom. The van der Waals surface area contributed by atoms with Gasteiger partial charge in [-0.05, 0) is 38.1 Å². The second-order valence-electron chi connectivity index (χ2n) is 4.82. The number of hydrazine groups is 1. The average molecular weight is 299 g/mol. The molecule has 1 amide bonds. The number of aryl methyl sites for hydroxylation is 1. The van der Waals surface area contributed by atoms with Crippen molar-refractivity contribution in [1.82, 2.24) is 5.43 Å². The number of nitrogens with zero attached hydrogens (tertiary/aromatic N) is 2. The molecule has 0 fully saturated rings. The van der Waals surface area contributed by atoms with Crippen LogP contribution in [-0.2, 0) is 0 Å². The first-order valence-corrected chi connectivity index (χ1v) is 6.91. The number of non-ortho nitro benzene ring substituents is 1. The summed E-state index contributed by atoms with van der Waals surface area (Å²) >= 11 is 0. The minimum absolute atomic E-state index is 0.0394. The number of nitrogens with one attached hydrogen (secondary N) is 1. The highest BCUT2D eigenvalue weighted by Crippen LogP contribution is 2.15. The van der Waals surface area contributed by atoms with Crippen LogP contribution in [0.2, 0.25) is 0 Å². The Balaban J connectivity index is 2.11. The van der Waals surface area contributed by atoms with Gasteiger partial charge in [0.2, 0.25) is 0 Å². The van der Waals surface area contributed by atoms with Crippen molar-refractivity contribution >= 4 is 17.3 Å². The number of nitro benzene ring substituents is 1. The van der Waals surface area contributed by atoms with E-state index in [0.717, 1.165) is 11.3 Å². The Kier molecular flexibility index (Phi) is 4.73. The van der Waals surface area contributed by atoms with E-state index < -0.39 is 4.92 Å². The third-order valence-corrected chi connectivity index (χ3v) is 3.24. The van der Waals surface area contributed by atoms with Crippen LogP contribution in [0.1, 0.15) is 22.8 Å². The fourth-order valence-corrected chi connectivity index (χ4v) is 1.97. The SMILES string of the molecule is CCN(NC(=O)c1ccc([N+](=O)[O-])cc1)c1ccc(C)cc1. The minimum Gasteiger partial charge on any atom is -0.286 e. The highest BCUT2D eigenvalue weighted by atomic mass is 16.6. The van der Waals surface area contributed by atoms with Crippen LogP contribution in [0.15, 0.2) is 48.5 Å². The predicted molar refractivity (Wildman–Crippen MR) is 84.8 cm³/mol. The normalized spacial score (nSPS) is 10.1. The Morgan fingerprint density at radius 2 is 1.73 bits per heavy atom. The third kappa shape index (κ3) is 3.60. The van der Waals surface area contributed by atoms with Gasteiger partial charge in [0.1, 0.15) is 0 Å². The molecule has 0 atom stereocenters. The van der Waals surface area contributed by atoms with Gasteiger partial charge in [-0.2, -0.15) is 0 Å². The number of carbonyl (C=O) groups excluding carboxylic acids is 1. The predicted octanol–water partition coefficient (Wildman–Crippen LogP) is 3.07. The molecule has 6 heteroatoms. The summed E-state index contributed by atoms with van der Waals surface area (Å²) in [6.45, 7) is 4.52. The first-order valence-electron chi connectivity index (χ1n) is 6.91. The van der Waals surface area contributed by atoms with E-state index in [1.54, 1.807) is 5.01 Å². The van der Waals surface area contributed by atoms with Crippen molar-refractivity contribution in [3.05, 3.63) is 69.8 Å². The number of nitro groups is 1. The van der Waals surface area contributed by atoms with Gasteiger partial charge in [0, 0.05) is 24.2 Å². The summed E-state index contributed by atoms with van der Waals surface area (Å²) in [5.41, 5.74) is 5.14. The fourth-order valence-electron chi connectivity index (χ4n) is 1.97. The number of anilines is 1. The monoisotopic (exact) mass is 299 g/mol. The van der Waals surface area contributed by atoms with Crippen LogP contribution in [0.4, 0.5) is 11.4 Å². The lowest BCUT2D eigenvalue weighted by Crippen LogP contribution is -2.42. The van der Waals surface area contributed by atoms with Crippen LogP contribution in [-0.4, -0.2) is 17.4 Å². The van der Waals surface area contributed by atoms with Crippen LogP contribution < -0.4 is 10.4 Å². The van der Waals surface area contributed by atoms with Gasteiger partial charge in [-0.3, -0.25) is 25.3 Å². The van der Waals surface area contributed by atoms with Gasteiger partial charge in [-0.25, -0.2) is 0 Å². The summed E-state index contributed by atoms with van der Waals surface area (Å²) in [5, 5.41) is 12.3. The molecule has 0 radical (unpaired) electrons. The molecule has 0 unspecified atom stereocenters. The highest BCUT2D eigenvalue weighted by Gasteiger charge is 2.12. The van der Waals surface area contributed by atoms with Gasteiger partial charge in [0.25, 0.3) is 11.6 Å². The second-order valence-corrected chi connectivity index (χ2v) is 4.82. The lowest BCUT2D eigenvalue weighted by Gasteiger charge is -2.24. The van der Waals surface area contributed by atoms with Crippen molar-refractivity contribution in [2.75, 3.05) is 11.6 Å². The van der Waals surface area contributed by atoms with Gasteiger partial charge in [0.05, 0.1) is 10.6 Å². The minimum atomic E-state index is -0.494. The number of hydrogen-bond acceptors (Lipinski definition) is 4. The zero-order valence-corrected chi connectivity index (χ0v) is 12.4. The Bertz CT molecular complexity index is 666. The second kappa shape index (κ2) is 6.71. The summed E-state index contributed by atoms with van der Waals surface area (Å²) in [5.74, 6) is -0.308. The molecule has 22 heavy (non-hydrogen) atoms. The Morgan fingerprint density at radius 1 is 1.14 bits per heavy atom.